The maximum absolute atomic E-state index is 13.6. The molecule has 0 saturated carbocycles. The number of halogens is 1. The van der Waals surface area contributed by atoms with E-state index in [9.17, 15) is 19.2 Å². The maximum atomic E-state index is 13.6. The molecule has 0 atom stereocenters. The van der Waals surface area contributed by atoms with E-state index in [1.807, 2.05) is 6.92 Å². The van der Waals surface area contributed by atoms with Gasteiger partial charge in [-0.05, 0) is 74.0 Å². The highest BCUT2D eigenvalue weighted by atomic mass is 79.9. The summed E-state index contributed by atoms with van der Waals surface area (Å²) in [6.45, 7) is 4.22. The smallest absolute Gasteiger partial charge is 0.335 e. The minimum atomic E-state index is -0.905. The number of carbonyl (C=O) groups is 4. The lowest BCUT2D eigenvalue weighted by atomic mass is 10.1. The molecule has 3 aromatic rings. The molecule has 11 nitrogen and oxygen atoms in total. The zero-order valence-electron chi connectivity index (χ0n) is 23.8. The van der Waals surface area contributed by atoms with Crippen molar-refractivity contribution in [2.45, 2.75) is 20.3 Å². The minimum absolute atomic E-state index is 0.189. The van der Waals surface area contributed by atoms with E-state index in [-0.39, 0.29) is 23.6 Å². The number of hydrogen-bond donors (Lipinski definition) is 2. The molecule has 0 spiro atoms. The summed E-state index contributed by atoms with van der Waals surface area (Å²) >= 11 is 3.38. The number of carbonyl (C=O) groups excluding carboxylic acids is 4. The summed E-state index contributed by atoms with van der Waals surface area (Å²) in [4.78, 5) is 52.6. The van der Waals surface area contributed by atoms with Crippen LogP contribution >= 0.6 is 15.9 Å². The van der Waals surface area contributed by atoms with Crippen LogP contribution in [0.1, 0.15) is 25.8 Å². The molecule has 1 saturated heterocycles. The van der Waals surface area contributed by atoms with Crippen LogP contribution in [0.2, 0.25) is 0 Å². The van der Waals surface area contributed by atoms with Gasteiger partial charge in [0.1, 0.15) is 17.1 Å². The number of anilines is 2. The third-order valence-corrected chi connectivity index (χ3v) is 6.55. The fraction of sp³-hybridized carbons (Fsp3) is 0.226. The van der Waals surface area contributed by atoms with Gasteiger partial charge < -0.3 is 24.3 Å². The first-order chi connectivity index (χ1) is 20.7. The van der Waals surface area contributed by atoms with Gasteiger partial charge in [0.15, 0.2) is 18.1 Å². The molecule has 0 bridgehead atoms. The summed E-state index contributed by atoms with van der Waals surface area (Å²) in [5, 5.41) is 4.93. The SMILES string of the molecule is CCCOc1ccc(N2C(=O)NC(=O)/C(=C\c3cc(Br)ccc3OCC(=O)Nc3ccc(OC)cc3)C2=O)cc1OCC. The van der Waals surface area contributed by atoms with Gasteiger partial charge in [-0.15, -0.1) is 0 Å². The molecule has 5 amide bonds. The van der Waals surface area contributed by atoms with Crippen LogP contribution in [0.25, 0.3) is 6.08 Å². The van der Waals surface area contributed by atoms with Crippen molar-refractivity contribution in [2.75, 3.05) is 37.1 Å². The van der Waals surface area contributed by atoms with Gasteiger partial charge in [0.2, 0.25) is 0 Å². The number of hydrogen-bond acceptors (Lipinski definition) is 8. The van der Waals surface area contributed by atoms with Crippen LogP contribution < -0.4 is 34.5 Å². The third-order valence-electron chi connectivity index (χ3n) is 6.05. The standard InChI is InChI=1S/C31H30BrN3O8/c1-4-14-42-26-13-9-22(17-27(26)41-5-2)35-30(38)24(29(37)34-31(35)39)16-19-15-20(32)6-12-25(19)43-18-28(36)33-21-7-10-23(40-3)11-8-21/h6-13,15-17H,4-5,14,18H2,1-3H3,(H,33,36)(H,34,37,39)/b24-16+. The molecule has 3 aromatic carbocycles. The third kappa shape index (κ3) is 7.72. The van der Waals surface area contributed by atoms with E-state index in [4.69, 9.17) is 18.9 Å². The Bertz CT molecular complexity index is 1560. The summed E-state index contributed by atoms with van der Waals surface area (Å²) < 4.78 is 22.9. The highest BCUT2D eigenvalue weighted by molar-refractivity contribution is 9.10. The van der Waals surface area contributed by atoms with E-state index in [1.165, 1.54) is 18.2 Å². The molecule has 43 heavy (non-hydrogen) atoms. The van der Waals surface area contributed by atoms with Crippen molar-refractivity contribution >= 4 is 57.1 Å². The minimum Gasteiger partial charge on any atom is -0.497 e. The fourth-order valence-electron chi connectivity index (χ4n) is 4.06. The summed E-state index contributed by atoms with van der Waals surface area (Å²) in [6, 6.07) is 15.4. The van der Waals surface area contributed by atoms with Gasteiger partial charge in [-0.25, -0.2) is 9.69 Å². The highest BCUT2D eigenvalue weighted by Crippen LogP contribution is 2.34. The molecule has 0 aliphatic carbocycles. The van der Waals surface area contributed by atoms with Gasteiger partial charge in [-0.2, -0.15) is 0 Å². The van der Waals surface area contributed by atoms with Gasteiger partial charge in [0.05, 0.1) is 26.0 Å². The first kappa shape index (κ1) is 31.1. The number of nitrogens with zero attached hydrogens (tertiary/aromatic N) is 1. The Hall–Kier alpha value is -4.84. The molecule has 2 N–H and O–H groups in total. The van der Waals surface area contributed by atoms with Gasteiger partial charge in [0, 0.05) is 21.8 Å². The summed E-state index contributed by atoms with van der Waals surface area (Å²) in [5.41, 5.74) is 0.764. The number of urea groups is 1. The molecule has 1 aliphatic heterocycles. The number of rotatable bonds is 12. The predicted molar refractivity (Wildman–Crippen MR) is 164 cm³/mol. The lowest BCUT2D eigenvalue weighted by molar-refractivity contribution is -0.122. The number of barbiturate groups is 1. The number of methoxy groups -OCH3 is 1. The van der Waals surface area contributed by atoms with Gasteiger partial charge in [-0.3, -0.25) is 19.7 Å². The summed E-state index contributed by atoms with van der Waals surface area (Å²) in [6.07, 6.45) is 2.09. The normalized spacial score (nSPS) is 13.9. The first-order valence-corrected chi connectivity index (χ1v) is 14.2. The van der Waals surface area contributed by atoms with Gasteiger partial charge in [0.25, 0.3) is 17.7 Å². The van der Waals surface area contributed by atoms with Crippen LogP contribution in [0.4, 0.5) is 16.2 Å². The van der Waals surface area contributed by atoms with Crippen LogP contribution in [0.3, 0.4) is 0 Å². The fourth-order valence-corrected chi connectivity index (χ4v) is 4.44. The second-order valence-electron chi connectivity index (χ2n) is 9.12. The summed E-state index contributed by atoms with van der Waals surface area (Å²) in [5.74, 6) is -0.435. The highest BCUT2D eigenvalue weighted by Gasteiger charge is 2.37. The lowest BCUT2D eigenvalue weighted by Gasteiger charge is -2.27. The van der Waals surface area contributed by atoms with Crippen molar-refractivity contribution in [3.63, 3.8) is 0 Å². The predicted octanol–water partition coefficient (Wildman–Crippen LogP) is 5.33. The van der Waals surface area contributed by atoms with E-state index in [0.29, 0.717) is 46.2 Å². The monoisotopic (exact) mass is 651 g/mol. The Labute approximate surface area is 256 Å². The largest absolute Gasteiger partial charge is 0.497 e. The lowest BCUT2D eigenvalue weighted by Crippen LogP contribution is -2.54. The Morgan fingerprint density at radius 1 is 0.930 bits per heavy atom. The van der Waals surface area contributed by atoms with E-state index in [0.717, 1.165) is 11.3 Å². The maximum Gasteiger partial charge on any atom is 0.335 e. The number of amides is 5. The van der Waals surface area contributed by atoms with Crippen LogP contribution in [-0.4, -0.2) is 50.7 Å². The van der Waals surface area contributed by atoms with Crippen molar-refractivity contribution in [1.29, 1.82) is 0 Å². The van der Waals surface area contributed by atoms with Crippen molar-refractivity contribution in [2.24, 2.45) is 0 Å². The number of nitrogens with one attached hydrogen (secondary N) is 2. The van der Waals surface area contributed by atoms with E-state index in [1.54, 1.807) is 62.6 Å². The molecular weight excluding hydrogens is 622 g/mol. The van der Waals surface area contributed by atoms with E-state index >= 15 is 0 Å². The van der Waals surface area contributed by atoms with Crippen molar-refractivity contribution in [3.8, 4) is 23.0 Å². The molecule has 0 radical (unpaired) electrons. The van der Waals surface area contributed by atoms with Gasteiger partial charge >= 0.3 is 6.03 Å². The zero-order chi connectivity index (χ0) is 30.9. The Balaban J connectivity index is 1.57. The van der Waals surface area contributed by atoms with Crippen LogP contribution in [0, 0.1) is 0 Å². The quantitative estimate of drug-likeness (QED) is 0.198. The molecule has 0 unspecified atom stereocenters. The Morgan fingerprint density at radius 2 is 1.67 bits per heavy atom. The molecule has 1 heterocycles. The number of imide groups is 2. The van der Waals surface area contributed by atoms with Crippen molar-refractivity contribution < 1.29 is 38.1 Å². The second kappa shape index (κ2) is 14.4. The number of ether oxygens (including phenoxy) is 4. The Morgan fingerprint density at radius 3 is 2.37 bits per heavy atom. The van der Waals surface area contributed by atoms with Crippen LogP contribution in [0.15, 0.2) is 70.7 Å². The summed E-state index contributed by atoms with van der Waals surface area (Å²) in [7, 11) is 1.55. The molecule has 4 rings (SSSR count). The molecule has 224 valence electrons. The zero-order valence-corrected chi connectivity index (χ0v) is 25.4. The van der Waals surface area contributed by atoms with Crippen molar-refractivity contribution in [1.82, 2.24) is 5.32 Å². The average molecular weight is 652 g/mol. The van der Waals surface area contributed by atoms with Gasteiger partial charge in [-0.1, -0.05) is 22.9 Å². The molecule has 1 aliphatic rings. The second-order valence-corrected chi connectivity index (χ2v) is 10.0. The van der Waals surface area contributed by atoms with Crippen LogP contribution in [-0.2, 0) is 14.4 Å². The molecule has 1 fully saturated rings. The first-order valence-electron chi connectivity index (χ1n) is 13.4. The van der Waals surface area contributed by atoms with E-state index in [2.05, 4.69) is 26.6 Å². The van der Waals surface area contributed by atoms with E-state index < -0.39 is 23.8 Å². The van der Waals surface area contributed by atoms with Crippen molar-refractivity contribution in [3.05, 3.63) is 76.3 Å². The number of benzene rings is 3. The molecule has 0 aromatic heterocycles. The average Bonchev–Trinajstić information content (AvgIpc) is 2.99. The Kier molecular flexibility index (Phi) is 10.4. The topological polar surface area (TPSA) is 132 Å². The molecule has 12 heteroatoms. The molecular formula is C31H30BrN3O8. The van der Waals surface area contributed by atoms with Crippen LogP contribution in [0.5, 0.6) is 23.0 Å².